The number of nitrogens with zero attached hydrogens (tertiary/aromatic N) is 1. The Balaban J connectivity index is 2.53. The van der Waals surface area contributed by atoms with Gasteiger partial charge in [-0.3, -0.25) is 9.69 Å². The molecule has 1 fully saturated rings. The fourth-order valence-corrected chi connectivity index (χ4v) is 2.60. The highest BCUT2D eigenvalue weighted by molar-refractivity contribution is 5.69. The van der Waals surface area contributed by atoms with Gasteiger partial charge in [-0.05, 0) is 12.8 Å². The third kappa shape index (κ3) is 5.04. The Kier molecular flexibility index (Phi) is 6.52. The van der Waals surface area contributed by atoms with Crippen molar-refractivity contribution < 1.29 is 15.0 Å². The van der Waals surface area contributed by atoms with Crippen molar-refractivity contribution in [2.45, 2.75) is 51.5 Å². The molecule has 0 bridgehead atoms. The molecule has 100 valence electrons. The molecule has 1 saturated carbocycles. The molecular weight excluding hydrogens is 218 g/mol. The molecule has 4 heteroatoms. The maximum absolute atomic E-state index is 10.9. The molecular formula is C13H25NO3. The van der Waals surface area contributed by atoms with E-state index in [-0.39, 0.29) is 12.5 Å². The summed E-state index contributed by atoms with van der Waals surface area (Å²) >= 11 is 0. The van der Waals surface area contributed by atoms with Crippen LogP contribution in [0.4, 0.5) is 0 Å². The molecule has 0 saturated heterocycles. The Bertz CT molecular complexity index is 225. The van der Waals surface area contributed by atoms with Crippen molar-refractivity contribution in [2.24, 2.45) is 5.92 Å². The third-order valence-corrected chi connectivity index (χ3v) is 3.66. The molecule has 4 nitrogen and oxygen atoms in total. The van der Waals surface area contributed by atoms with Gasteiger partial charge in [0.2, 0.25) is 0 Å². The van der Waals surface area contributed by atoms with E-state index in [4.69, 9.17) is 10.2 Å². The van der Waals surface area contributed by atoms with E-state index in [2.05, 4.69) is 4.90 Å². The van der Waals surface area contributed by atoms with E-state index in [1.54, 1.807) is 6.92 Å². The number of hydrogen-bond acceptors (Lipinski definition) is 3. The lowest BCUT2D eigenvalue weighted by Gasteiger charge is -2.31. The first-order valence-electron chi connectivity index (χ1n) is 6.73. The Morgan fingerprint density at radius 1 is 1.29 bits per heavy atom. The van der Waals surface area contributed by atoms with Crippen molar-refractivity contribution in [1.29, 1.82) is 0 Å². The van der Waals surface area contributed by atoms with E-state index >= 15 is 0 Å². The van der Waals surface area contributed by atoms with E-state index in [9.17, 15) is 4.79 Å². The van der Waals surface area contributed by atoms with Crippen molar-refractivity contribution in [3.63, 3.8) is 0 Å². The van der Waals surface area contributed by atoms with E-state index in [0.717, 1.165) is 12.8 Å². The van der Waals surface area contributed by atoms with Crippen LogP contribution in [0.25, 0.3) is 0 Å². The molecule has 1 aliphatic carbocycles. The van der Waals surface area contributed by atoms with Crippen LogP contribution >= 0.6 is 0 Å². The molecule has 0 aromatic carbocycles. The summed E-state index contributed by atoms with van der Waals surface area (Å²) in [6.07, 6.45) is 7.33. The number of aliphatic hydroxyl groups excluding tert-OH is 1. The van der Waals surface area contributed by atoms with Crippen LogP contribution in [0.2, 0.25) is 0 Å². The van der Waals surface area contributed by atoms with Crippen LogP contribution in [-0.4, -0.2) is 46.8 Å². The van der Waals surface area contributed by atoms with E-state index in [1.165, 1.54) is 25.7 Å². The Morgan fingerprint density at radius 2 is 1.88 bits per heavy atom. The molecule has 0 aromatic rings. The maximum atomic E-state index is 10.9. The average Bonchev–Trinajstić information content (AvgIpc) is 2.56. The van der Waals surface area contributed by atoms with Gasteiger partial charge in [0, 0.05) is 19.1 Å². The minimum absolute atomic E-state index is 0.114. The van der Waals surface area contributed by atoms with E-state index in [0.29, 0.717) is 19.1 Å². The zero-order valence-corrected chi connectivity index (χ0v) is 10.8. The minimum atomic E-state index is -0.749. The summed E-state index contributed by atoms with van der Waals surface area (Å²) in [6.45, 7) is 3.01. The predicted molar refractivity (Wildman–Crippen MR) is 66.9 cm³/mol. The predicted octanol–water partition coefficient (Wildman–Crippen LogP) is 1.72. The van der Waals surface area contributed by atoms with Gasteiger partial charge in [-0.2, -0.15) is 0 Å². The van der Waals surface area contributed by atoms with Crippen LogP contribution < -0.4 is 0 Å². The van der Waals surface area contributed by atoms with Gasteiger partial charge in [0.25, 0.3) is 0 Å². The lowest BCUT2D eigenvalue weighted by molar-refractivity contribution is -0.142. The first kappa shape index (κ1) is 14.5. The molecule has 1 aliphatic rings. The Morgan fingerprint density at radius 3 is 2.35 bits per heavy atom. The van der Waals surface area contributed by atoms with Crippen molar-refractivity contribution in [3.8, 4) is 0 Å². The van der Waals surface area contributed by atoms with Crippen LogP contribution in [0.3, 0.4) is 0 Å². The van der Waals surface area contributed by atoms with Gasteiger partial charge in [-0.25, -0.2) is 0 Å². The molecule has 0 amide bonds. The maximum Gasteiger partial charge on any atom is 0.307 e. The number of rotatable bonds is 6. The fourth-order valence-electron chi connectivity index (χ4n) is 2.60. The number of aliphatic hydroxyl groups is 1. The number of aliphatic carboxylic acids is 1. The molecule has 1 rings (SSSR count). The summed E-state index contributed by atoms with van der Waals surface area (Å²) in [4.78, 5) is 13.1. The fraction of sp³-hybridized carbons (Fsp3) is 0.923. The highest BCUT2D eigenvalue weighted by Gasteiger charge is 2.23. The van der Waals surface area contributed by atoms with Crippen LogP contribution in [-0.2, 0) is 4.79 Å². The Labute approximate surface area is 104 Å². The molecule has 1 unspecified atom stereocenters. The largest absolute Gasteiger partial charge is 0.481 e. The standard InChI is InChI=1S/C13H25NO3/c1-11(13(16)17)10-14(8-9-15)12-6-4-2-3-5-7-12/h11-12,15H,2-10H2,1H3,(H,16,17). The van der Waals surface area contributed by atoms with E-state index in [1.807, 2.05) is 0 Å². The number of carboxylic acid groups (broad SMARTS) is 1. The van der Waals surface area contributed by atoms with Crippen LogP contribution in [0.5, 0.6) is 0 Å². The molecule has 0 radical (unpaired) electrons. The second-order valence-corrected chi connectivity index (χ2v) is 5.10. The number of carbonyl (C=O) groups is 1. The van der Waals surface area contributed by atoms with Gasteiger partial charge < -0.3 is 10.2 Å². The number of carboxylic acids is 1. The second-order valence-electron chi connectivity index (χ2n) is 5.10. The summed E-state index contributed by atoms with van der Waals surface area (Å²) < 4.78 is 0. The van der Waals surface area contributed by atoms with Gasteiger partial charge in [-0.1, -0.05) is 32.6 Å². The van der Waals surface area contributed by atoms with Crippen molar-refractivity contribution in [1.82, 2.24) is 4.90 Å². The molecule has 1 atom stereocenters. The second kappa shape index (κ2) is 7.67. The molecule has 2 N–H and O–H groups in total. The highest BCUT2D eigenvalue weighted by atomic mass is 16.4. The minimum Gasteiger partial charge on any atom is -0.481 e. The first-order valence-corrected chi connectivity index (χ1v) is 6.73. The molecule has 17 heavy (non-hydrogen) atoms. The van der Waals surface area contributed by atoms with Crippen molar-refractivity contribution >= 4 is 5.97 Å². The SMILES string of the molecule is CC(CN(CCO)C1CCCCCC1)C(=O)O. The first-order chi connectivity index (χ1) is 8.15. The van der Waals surface area contributed by atoms with Crippen LogP contribution in [0.1, 0.15) is 45.4 Å². The molecule has 0 aliphatic heterocycles. The van der Waals surface area contributed by atoms with Gasteiger partial charge in [0.05, 0.1) is 12.5 Å². The van der Waals surface area contributed by atoms with Crippen molar-refractivity contribution in [3.05, 3.63) is 0 Å². The summed E-state index contributed by atoms with van der Waals surface area (Å²) in [6, 6.07) is 0.464. The van der Waals surface area contributed by atoms with Gasteiger partial charge in [0.1, 0.15) is 0 Å². The number of hydrogen-bond donors (Lipinski definition) is 2. The molecule has 0 heterocycles. The lowest BCUT2D eigenvalue weighted by Crippen LogP contribution is -2.41. The summed E-state index contributed by atoms with van der Waals surface area (Å²) in [5.41, 5.74) is 0. The highest BCUT2D eigenvalue weighted by Crippen LogP contribution is 2.22. The zero-order chi connectivity index (χ0) is 12.7. The molecule has 0 spiro atoms. The van der Waals surface area contributed by atoms with Crippen LogP contribution in [0.15, 0.2) is 0 Å². The third-order valence-electron chi connectivity index (χ3n) is 3.66. The van der Waals surface area contributed by atoms with Crippen LogP contribution in [0, 0.1) is 5.92 Å². The average molecular weight is 243 g/mol. The summed E-state index contributed by atoms with van der Waals surface area (Å²) in [5.74, 6) is -1.11. The summed E-state index contributed by atoms with van der Waals surface area (Å²) in [5, 5.41) is 18.1. The Hall–Kier alpha value is -0.610. The normalized spacial score (nSPS) is 20.2. The van der Waals surface area contributed by atoms with Gasteiger partial charge >= 0.3 is 5.97 Å². The molecule has 0 aromatic heterocycles. The quantitative estimate of drug-likeness (QED) is 0.697. The topological polar surface area (TPSA) is 60.8 Å². The smallest absolute Gasteiger partial charge is 0.307 e. The van der Waals surface area contributed by atoms with Gasteiger partial charge in [-0.15, -0.1) is 0 Å². The van der Waals surface area contributed by atoms with Gasteiger partial charge in [0.15, 0.2) is 0 Å². The van der Waals surface area contributed by atoms with Crippen molar-refractivity contribution in [2.75, 3.05) is 19.7 Å². The monoisotopic (exact) mass is 243 g/mol. The summed E-state index contributed by atoms with van der Waals surface area (Å²) in [7, 11) is 0. The zero-order valence-electron chi connectivity index (χ0n) is 10.8. The van der Waals surface area contributed by atoms with E-state index < -0.39 is 5.97 Å². The lowest BCUT2D eigenvalue weighted by atomic mass is 10.0.